The van der Waals surface area contributed by atoms with Crippen LogP contribution in [0.4, 0.5) is 0 Å². The van der Waals surface area contributed by atoms with E-state index in [1.54, 1.807) is 36.4 Å². The van der Waals surface area contributed by atoms with Gasteiger partial charge < -0.3 is 20.4 Å². The van der Waals surface area contributed by atoms with Crippen LogP contribution < -0.4 is 32.3 Å². The summed E-state index contributed by atoms with van der Waals surface area (Å²) in [6.07, 6.45) is 10.8. The summed E-state index contributed by atoms with van der Waals surface area (Å²) in [4.78, 5) is 46.6. The quantitative estimate of drug-likeness (QED) is 0.364. The average Bonchev–Trinajstić information content (AvgIpc) is 2.83. The summed E-state index contributed by atoms with van der Waals surface area (Å²) in [5.41, 5.74) is 6.90. The Morgan fingerprint density at radius 1 is 1.09 bits per heavy atom. The molecule has 2 heterocycles. The van der Waals surface area contributed by atoms with Gasteiger partial charge in [-0.05, 0) is 48.8 Å². The summed E-state index contributed by atoms with van der Waals surface area (Å²) in [7, 11) is 0. The van der Waals surface area contributed by atoms with Crippen molar-refractivity contribution in [3.63, 3.8) is 0 Å². The molecule has 0 fully saturated rings. The SMILES string of the molecule is C\C=C/C(/C=c1\[nH]c(=O)/c(=C/c2ccc(OC(=O)C(N)c3ccccc3)cn2)[nH]c1=O)=C\CC. The minimum absolute atomic E-state index is 0.0533. The number of ether oxygens (including phenoxy) is 1. The Balaban J connectivity index is 1.82. The van der Waals surface area contributed by atoms with Crippen LogP contribution in [0.15, 0.2) is 82.1 Å². The van der Waals surface area contributed by atoms with Gasteiger partial charge in [0.15, 0.2) is 0 Å². The zero-order valence-electron chi connectivity index (χ0n) is 18.9. The largest absolute Gasteiger partial charge is 0.423 e. The fourth-order valence-corrected chi connectivity index (χ4v) is 3.13. The second-order valence-corrected chi connectivity index (χ2v) is 7.36. The highest BCUT2D eigenvalue weighted by molar-refractivity contribution is 5.79. The molecule has 0 aliphatic rings. The van der Waals surface area contributed by atoms with Crippen molar-refractivity contribution >= 4 is 18.1 Å². The third-order valence-corrected chi connectivity index (χ3v) is 4.78. The van der Waals surface area contributed by atoms with Gasteiger partial charge >= 0.3 is 5.97 Å². The molecular formula is C26H26N4O4. The molecule has 4 N–H and O–H groups in total. The highest BCUT2D eigenvalue weighted by Gasteiger charge is 2.17. The third-order valence-electron chi connectivity index (χ3n) is 4.78. The molecule has 0 aliphatic heterocycles. The summed E-state index contributed by atoms with van der Waals surface area (Å²) in [5.74, 6) is -0.410. The number of hydrogen-bond donors (Lipinski definition) is 3. The van der Waals surface area contributed by atoms with Crippen LogP contribution in [-0.4, -0.2) is 20.9 Å². The van der Waals surface area contributed by atoms with Crippen LogP contribution in [0.5, 0.6) is 5.75 Å². The van der Waals surface area contributed by atoms with Crippen molar-refractivity contribution in [1.29, 1.82) is 0 Å². The minimum atomic E-state index is -0.924. The molecule has 3 rings (SSSR count). The molecule has 174 valence electrons. The van der Waals surface area contributed by atoms with Gasteiger partial charge in [-0.1, -0.05) is 55.5 Å². The van der Waals surface area contributed by atoms with Gasteiger partial charge in [-0.3, -0.25) is 14.6 Å². The molecular weight excluding hydrogens is 432 g/mol. The van der Waals surface area contributed by atoms with Crippen molar-refractivity contribution in [1.82, 2.24) is 15.0 Å². The standard InChI is InChI=1S/C26H26N4O4/c1-3-8-17(9-4-2)14-21-24(31)30-22(25(32)29-21)15-19-12-13-20(16-28-19)34-26(33)23(27)18-10-6-5-7-11-18/h3,5-16,23H,4,27H2,1-2H3,(H,29,32)(H,30,31)/b8-3-,17-9+,21-14-,22-15-. The fraction of sp³-hybridized carbons (Fsp3) is 0.154. The maximum atomic E-state index is 12.5. The Kier molecular flexibility index (Phi) is 8.26. The van der Waals surface area contributed by atoms with Gasteiger partial charge in [-0.25, -0.2) is 4.79 Å². The lowest BCUT2D eigenvalue weighted by Gasteiger charge is -2.11. The maximum absolute atomic E-state index is 12.5. The lowest BCUT2D eigenvalue weighted by atomic mass is 10.1. The molecule has 34 heavy (non-hydrogen) atoms. The smallest absolute Gasteiger partial charge is 0.333 e. The lowest BCUT2D eigenvalue weighted by Crippen LogP contribution is -2.46. The number of aromatic amines is 2. The van der Waals surface area contributed by atoms with Gasteiger partial charge in [0, 0.05) is 0 Å². The normalized spacial score (nSPS) is 13.9. The molecule has 1 unspecified atom stereocenters. The topological polar surface area (TPSA) is 131 Å². The van der Waals surface area contributed by atoms with E-state index < -0.39 is 23.1 Å². The summed E-state index contributed by atoms with van der Waals surface area (Å²) in [5, 5.41) is 0.211. The van der Waals surface area contributed by atoms with E-state index >= 15 is 0 Å². The molecule has 1 aromatic carbocycles. The van der Waals surface area contributed by atoms with Crippen molar-refractivity contribution in [3.8, 4) is 5.75 Å². The zero-order chi connectivity index (χ0) is 24.5. The zero-order valence-corrected chi connectivity index (χ0v) is 18.9. The molecule has 0 bridgehead atoms. The molecule has 0 radical (unpaired) electrons. The van der Waals surface area contributed by atoms with Crippen molar-refractivity contribution < 1.29 is 9.53 Å². The second kappa shape index (κ2) is 11.5. The number of allylic oxidation sites excluding steroid dienone is 4. The van der Waals surface area contributed by atoms with Crippen LogP contribution in [0.1, 0.15) is 37.6 Å². The van der Waals surface area contributed by atoms with E-state index in [-0.39, 0.29) is 16.4 Å². The molecule has 8 nitrogen and oxygen atoms in total. The molecule has 0 aliphatic carbocycles. The molecule has 0 saturated carbocycles. The Morgan fingerprint density at radius 2 is 1.79 bits per heavy atom. The van der Waals surface area contributed by atoms with Crippen molar-refractivity contribution in [2.24, 2.45) is 5.73 Å². The predicted octanol–water partition coefficient (Wildman–Crippen LogP) is 1.59. The predicted molar refractivity (Wildman–Crippen MR) is 131 cm³/mol. The Labute approximate surface area is 195 Å². The number of carbonyl (C=O) groups is 1. The number of benzene rings is 1. The van der Waals surface area contributed by atoms with Gasteiger partial charge in [0.05, 0.1) is 11.9 Å². The summed E-state index contributed by atoms with van der Waals surface area (Å²) < 4.78 is 5.29. The number of rotatable bonds is 7. The summed E-state index contributed by atoms with van der Waals surface area (Å²) in [6.45, 7) is 3.86. The molecule has 3 aromatic rings. The number of carbonyl (C=O) groups excluding carboxylic acids is 1. The molecule has 0 spiro atoms. The van der Waals surface area contributed by atoms with Gasteiger partial charge in [-0.2, -0.15) is 0 Å². The summed E-state index contributed by atoms with van der Waals surface area (Å²) in [6, 6.07) is 11.0. The van der Waals surface area contributed by atoms with Crippen LogP contribution in [-0.2, 0) is 4.79 Å². The van der Waals surface area contributed by atoms with Crippen molar-refractivity contribution in [2.45, 2.75) is 26.3 Å². The number of nitrogens with two attached hydrogens (primary N) is 1. The lowest BCUT2D eigenvalue weighted by molar-refractivity contribution is -0.136. The van der Waals surface area contributed by atoms with E-state index in [9.17, 15) is 14.4 Å². The van der Waals surface area contributed by atoms with Gasteiger partial charge in [0.2, 0.25) is 0 Å². The first kappa shape index (κ1) is 24.3. The Morgan fingerprint density at radius 3 is 2.44 bits per heavy atom. The van der Waals surface area contributed by atoms with Gasteiger partial charge in [0.1, 0.15) is 22.5 Å². The fourth-order valence-electron chi connectivity index (χ4n) is 3.13. The molecule has 1 atom stereocenters. The minimum Gasteiger partial charge on any atom is -0.423 e. The van der Waals surface area contributed by atoms with Crippen LogP contribution in [0.25, 0.3) is 12.2 Å². The van der Waals surface area contributed by atoms with Gasteiger partial charge in [0.25, 0.3) is 11.1 Å². The van der Waals surface area contributed by atoms with E-state index in [1.165, 1.54) is 18.3 Å². The Bertz CT molecular complexity index is 1430. The number of pyridine rings is 1. The Hall–Kier alpha value is -4.30. The summed E-state index contributed by atoms with van der Waals surface area (Å²) >= 11 is 0. The molecule has 0 saturated heterocycles. The number of nitrogens with zero attached hydrogens (tertiary/aromatic N) is 1. The molecule has 8 heteroatoms. The monoisotopic (exact) mass is 458 g/mol. The van der Waals surface area contributed by atoms with Gasteiger partial charge in [-0.15, -0.1) is 0 Å². The first-order valence-electron chi connectivity index (χ1n) is 10.8. The molecule has 2 aromatic heterocycles. The number of hydrogen-bond acceptors (Lipinski definition) is 6. The first-order valence-corrected chi connectivity index (χ1v) is 10.8. The van der Waals surface area contributed by atoms with Crippen LogP contribution in [0, 0.1) is 0 Å². The van der Waals surface area contributed by atoms with Crippen LogP contribution in [0.3, 0.4) is 0 Å². The average molecular weight is 459 g/mol. The second-order valence-electron chi connectivity index (χ2n) is 7.36. The van der Waals surface area contributed by atoms with E-state index in [0.717, 1.165) is 12.0 Å². The van der Waals surface area contributed by atoms with Crippen LogP contribution in [0.2, 0.25) is 0 Å². The van der Waals surface area contributed by atoms with Crippen molar-refractivity contribution in [3.05, 3.63) is 115 Å². The van der Waals surface area contributed by atoms with E-state index in [4.69, 9.17) is 10.5 Å². The highest BCUT2D eigenvalue weighted by atomic mass is 16.5. The highest BCUT2D eigenvalue weighted by Crippen LogP contribution is 2.15. The maximum Gasteiger partial charge on any atom is 0.333 e. The number of nitrogens with one attached hydrogen (secondary N) is 2. The van der Waals surface area contributed by atoms with E-state index in [2.05, 4.69) is 15.0 Å². The number of aromatic nitrogens is 3. The van der Waals surface area contributed by atoms with Crippen molar-refractivity contribution in [2.75, 3.05) is 0 Å². The van der Waals surface area contributed by atoms with Crippen LogP contribution >= 0.6 is 0 Å². The van der Waals surface area contributed by atoms with E-state index in [0.29, 0.717) is 11.3 Å². The first-order chi connectivity index (χ1) is 16.4. The molecule has 0 amide bonds. The number of esters is 1. The van der Waals surface area contributed by atoms with E-state index in [1.807, 2.05) is 38.1 Å². The number of H-pyrrole nitrogens is 2. The third kappa shape index (κ3) is 6.36.